The summed E-state index contributed by atoms with van der Waals surface area (Å²) in [6.07, 6.45) is -2.07. The standard InChI is InChI=1S/C21H27F3N4O2.HI/c1-16(18-7-4-3-5-8-18)29-12-6-11-26-20(25-2)28-14-17-9-10-19(27-13-17)30-15-21(22,23)24;/h3-5,7-10,13,16H,6,11-12,14-15H2,1-2H3,(H2,25,26,28);1H. The van der Waals surface area contributed by atoms with Crippen molar-refractivity contribution in [2.24, 2.45) is 4.99 Å². The Morgan fingerprint density at radius 1 is 1.13 bits per heavy atom. The summed E-state index contributed by atoms with van der Waals surface area (Å²) >= 11 is 0. The van der Waals surface area contributed by atoms with Crippen LogP contribution >= 0.6 is 24.0 Å². The third kappa shape index (κ3) is 11.2. The van der Waals surface area contributed by atoms with Crippen molar-refractivity contribution in [3.63, 3.8) is 0 Å². The van der Waals surface area contributed by atoms with Crippen LogP contribution in [0, 0.1) is 0 Å². The van der Waals surface area contributed by atoms with E-state index in [1.165, 1.54) is 12.3 Å². The molecular weight excluding hydrogens is 524 g/mol. The number of nitrogens with zero attached hydrogens (tertiary/aromatic N) is 2. The molecule has 2 N–H and O–H groups in total. The minimum Gasteiger partial charge on any atom is -0.468 e. The predicted octanol–water partition coefficient (Wildman–Crippen LogP) is 4.47. The number of nitrogens with one attached hydrogen (secondary N) is 2. The van der Waals surface area contributed by atoms with Crippen molar-refractivity contribution in [3.8, 4) is 5.88 Å². The normalized spacial score (nSPS) is 12.6. The number of ether oxygens (including phenoxy) is 2. The molecule has 172 valence electrons. The van der Waals surface area contributed by atoms with Gasteiger partial charge in [0.05, 0.1) is 6.10 Å². The fourth-order valence-electron chi connectivity index (χ4n) is 2.52. The second-order valence-electron chi connectivity index (χ2n) is 6.54. The molecule has 1 unspecified atom stereocenters. The molecular formula is C21H28F3IN4O2. The topological polar surface area (TPSA) is 67.8 Å². The molecule has 1 heterocycles. The number of benzene rings is 1. The molecule has 0 amide bonds. The van der Waals surface area contributed by atoms with E-state index in [1.54, 1.807) is 13.1 Å². The molecule has 0 aliphatic carbocycles. The number of halogens is 4. The van der Waals surface area contributed by atoms with E-state index in [2.05, 4.69) is 25.3 Å². The number of alkyl halides is 3. The summed E-state index contributed by atoms with van der Waals surface area (Å²) < 4.78 is 46.9. The van der Waals surface area contributed by atoms with Gasteiger partial charge >= 0.3 is 6.18 Å². The largest absolute Gasteiger partial charge is 0.468 e. The Hall–Kier alpha value is -2.08. The van der Waals surface area contributed by atoms with Crippen LogP contribution in [0.25, 0.3) is 0 Å². The summed E-state index contributed by atoms with van der Waals surface area (Å²) in [5.74, 6) is 0.548. The molecule has 0 saturated heterocycles. The van der Waals surface area contributed by atoms with Crippen LogP contribution in [0.1, 0.15) is 30.6 Å². The van der Waals surface area contributed by atoms with Crippen molar-refractivity contribution in [3.05, 3.63) is 59.8 Å². The van der Waals surface area contributed by atoms with Gasteiger partial charge in [0.15, 0.2) is 12.6 Å². The van der Waals surface area contributed by atoms with Crippen LogP contribution in [-0.4, -0.2) is 43.9 Å². The fourth-order valence-corrected chi connectivity index (χ4v) is 2.52. The van der Waals surface area contributed by atoms with Crippen molar-refractivity contribution >= 4 is 29.9 Å². The van der Waals surface area contributed by atoms with Crippen LogP contribution in [0.5, 0.6) is 5.88 Å². The van der Waals surface area contributed by atoms with Gasteiger partial charge in [0.2, 0.25) is 5.88 Å². The molecule has 1 atom stereocenters. The van der Waals surface area contributed by atoms with Crippen LogP contribution in [0.4, 0.5) is 13.2 Å². The number of hydrogen-bond acceptors (Lipinski definition) is 4. The summed E-state index contributed by atoms with van der Waals surface area (Å²) in [4.78, 5) is 8.02. The first-order valence-corrected chi connectivity index (χ1v) is 9.63. The molecule has 31 heavy (non-hydrogen) atoms. The lowest BCUT2D eigenvalue weighted by atomic mass is 10.1. The molecule has 0 spiro atoms. The maximum Gasteiger partial charge on any atom is 0.422 e. The molecule has 0 fully saturated rings. The van der Waals surface area contributed by atoms with Crippen LogP contribution in [0.2, 0.25) is 0 Å². The van der Waals surface area contributed by atoms with E-state index < -0.39 is 12.8 Å². The summed E-state index contributed by atoms with van der Waals surface area (Å²) in [6.45, 7) is 2.39. The van der Waals surface area contributed by atoms with Crippen molar-refractivity contribution in [2.45, 2.75) is 32.2 Å². The van der Waals surface area contributed by atoms with Crippen LogP contribution in [0.3, 0.4) is 0 Å². The highest BCUT2D eigenvalue weighted by molar-refractivity contribution is 14.0. The SMILES string of the molecule is CN=C(NCCCOC(C)c1ccccc1)NCc1ccc(OCC(F)(F)F)nc1.I. The van der Waals surface area contributed by atoms with Crippen molar-refractivity contribution in [1.82, 2.24) is 15.6 Å². The quantitative estimate of drug-likeness (QED) is 0.197. The average molecular weight is 552 g/mol. The van der Waals surface area contributed by atoms with Gasteiger partial charge in [-0.3, -0.25) is 4.99 Å². The summed E-state index contributed by atoms with van der Waals surface area (Å²) in [5.41, 5.74) is 1.93. The molecule has 0 saturated carbocycles. The Morgan fingerprint density at radius 2 is 1.87 bits per heavy atom. The van der Waals surface area contributed by atoms with E-state index in [4.69, 9.17) is 4.74 Å². The fraction of sp³-hybridized carbons (Fsp3) is 0.429. The van der Waals surface area contributed by atoms with Crippen LogP contribution in [-0.2, 0) is 11.3 Å². The minimum atomic E-state index is -4.38. The maximum absolute atomic E-state index is 12.1. The zero-order chi connectivity index (χ0) is 21.8. The number of rotatable bonds is 10. The Morgan fingerprint density at radius 3 is 2.48 bits per heavy atom. The Labute approximate surface area is 197 Å². The third-order valence-corrected chi connectivity index (χ3v) is 4.12. The van der Waals surface area contributed by atoms with E-state index in [1.807, 2.05) is 37.3 Å². The lowest BCUT2D eigenvalue weighted by molar-refractivity contribution is -0.154. The smallest absolute Gasteiger partial charge is 0.422 e. The van der Waals surface area contributed by atoms with E-state index >= 15 is 0 Å². The second kappa shape index (κ2) is 14.1. The van der Waals surface area contributed by atoms with E-state index in [0.29, 0.717) is 25.7 Å². The van der Waals surface area contributed by atoms with Gasteiger partial charge in [-0.1, -0.05) is 36.4 Å². The average Bonchev–Trinajstić information content (AvgIpc) is 2.75. The zero-order valence-corrected chi connectivity index (χ0v) is 19.8. The van der Waals surface area contributed by atoms with Crippen LogP contribution in [0.15, 0.2) is 53.7 Å². The number of hydrogen-bond donors (Lipinski definition) is 2. The highest BCUT2D eigenvalue weighted by atomic mass is 127. The predicted molar refractivity (Wildman–Crippen MR) is 125 cm³/mol. The number of pyridine rings is 1. The van der Waals surface area contributed by atoms with Gasteiger partial charge in [-0.05, 0) is 24.5 Å². The van der Waals surface area contributed by atoms with Crippen molar-refractivity contribution < 1.29 is 22.6 Å². The molecule has 0 aliphatic heterocycles. The Bertz CT molecular complexity index is 774. The van der Waals surface area contributed by atoms with E-state index in [0.717, 1.165) is 17.5 Å². The molecule has 0 bridgehead atoms. The van der Waals surface area contributed by atoms with Gasteiger partial charge in [-0.25, -0.2) is 4.98 Å². The number of guanidine groups is 1. The van der Waals surface area contributed by atoms with Crippen molar-refractivity contribution in [2.75, 3.05) is 26.8 Å². The van der Waals surface area contributed by atoms with Gasteiger partial charge in [-0.2, -0.15) is 13.2 Å². The van der Waals surface area contributed by atoms with Gasteiger partial charge < -0.3 is 20.1 Å². The first kappa shape index (κ1) is 27.0. The Kier molecular flexibility index (Phi) is 12.2. The van der Waals surface area contributed by atoms with Gasteiger partial charge in [0.25, 0.3) is 0 Å². The van der Waals surface area contributed by atoms with E-state index in [-0.39, 0.29) is 36.0 Å². The second-order valence-corrected chi connectivity index (χ2v) is 6.54. The molecule has 1 aromatic carbocycles. The monoisotopic (exact) mass is 552 g/mol. The molecule has 2 rings (SSSR count). The molecule has 1 aromatic heterocycles. The number of aromatic nitrogens is 1. The third-order valence-electron chi connectivity index (χ3n) is 4.12. The number of aliphatic imine (C=N–C) groups is 1. The van der Waals surface area contributed by atoms with Crippen LogP contribution < -0.4 is 15.4 Å². The Balaban J connectivity index is 0.00000480. The molecule has 6 nitrogen and oxygen atoms in total. The van der Waals surface area contributed by atoms with E-state index in [9.17, 15) is 13.2 Å². The lowest BCUT2D eigenvalue weighted by Gasteiger charge is -2.15. The minimum absolute atomic E-state index is 0. The molecule has 2 aromatic rings. The van der Waals surface area contributed by atoms with Crippen molar-refractivity contribution in [1.29, 1.82) is 0 Å². The molecule has 0 radical (unpaired) electrons. The maximum atomic E-state index is 12.1. The zero-order valence-electron chi connectivity index (χ0n) is 17.5. The lowest BCUT2D eigenvalue weighted by Crippen LogP contribution is -2.37. The van der Waals surface area contributed by atoms with Gasteiger partial charge in [0, 0.05) is 39.0 Å². The highest BCUT2D eigenvalue weighted by Gasteiger charge is 2.28. The summed E-state index contributed by atoms with van der Waals surface area (Å²) in [6, 6.07) is 13.1. The molecule has 0 aliphatic rings. The summed E-state index contributed by atoms with van der Waals surface area (Å²) in [7, 11) is 1.66. The highest BCUT2D eigenvalue weighted by Crippen LogP contribution is 2.17. The summed E-state index contributed by atoms with van der Waals surface area (Å²) in [5, 5.41) is 6.31. The first-order valence-electron chi connectivity index (χ1n) is 9.63. The first-order chi connectivity index (χ1) is 14.4. The van der Waals surface area contributed by atoms with Gasteiger partial charge in [-0.15, -0.1) is 24.0 Å². The van der Waals surface area contributed by atoms with Gasteiger partial charge in [0.1, 0.15) is 0 Å². The molecule has 10 heteroatoms.